The summed E-state index contributed by atoms with van der Waals surface area (Å²) in [5, 5.41) is 2.19. The van der Waals surface area contributed by atoms with Crippen LogP contribution in [0.2, 0.25) is 0 Å². The molecule has 0 saturated carbocycles. The molecule has 3 rings (SSSR count). The molecule has 22 heavy (non-hydrogen) atoms. The van der Waals surface area contributed by atoms with Crippen molar-refractivity contribution >= 4 is 11.3 Å². The van der Waals surface area contributed by atoms with Crippen LogP contribution in [0.25, 0.3) is 0 Å². The first kappa shape index (κ1) is 15.2. The van der Waals surface area contributed by atoms with Gasteiger partial charge in [-0.2, -0.15) is 0 Å². The van der Waals surface area contributed by atoms with Crippen molar-refractivity contribution < 1.29 is 14.2 Å². The Hall–Kier alpha value is -1.72. The highest BCUT2D eigenvalue weighted by Gasteiger charge is 2.21. The smallest absolute Gasteiger partial charge is 0.203 e. The molecule has 1 aromatic heterocycles. The lowest BCUT2D eigenvalue weighted by Crippen LogP contribution is -2.29. The average molecular weight is 319 g/mol. The predicted molar refractivity (Wildman–Crippen MR) is 88.2 cm³/mol. The van der Waals surface area contributed by atoms with Crippen molar-refractivity contribution in [1.82, 2.24) is 4.90 Å². The minimum absolute atomic E-state index is 0.663. The van der Waals surface area contributed by atoms with Gasteiger partial charge in [-0.05, 0) is 29.5 Å². The normalized spacial score (nSPS) is 14.5. The number of methoxy groups -OCH3 is 3. The van der Waals surface area contributed by atoms with Gasteiger partial charge in [0, 0.05) is 30.1 Å². The molecule has 0 N–H and O–H groups in total. The Morgan fingerprint density at radius 3 is 2.59 bits per heavy atom. The van der Waals surface area contributed by atoms with Crippen LogP contribution in [-0.4, -0.2) is 32.8 Å². The number of rotatable bonds is 5. The highest BCUT2D eigenvalue weighted by molar-refractivity contribution is 7.10. The van der Waals surface area contributed by atoms with Crippen molar-refractivity contribution in [3.8, 4) is 17.2 Å². The molecular formula is C17H21NO3S. The van der Waals surface area contributed by atoms with Crippen molar-refractivity contribution in [1.29, 1.82) is 0 Å². The highest BCUT2D eigenvalue weighted by Crippen LogP contribution is 2.40. The molecular weight excluding hydrogens is 298 g/mol. The first-order chi connectivity index (χ1) is 10.8. The summed E-state index contributed by atoms with van der Waals surface area (Å²) in [7, 11) is 4.96. The van der Waals surface area contributed by atoms with Crippen molar-refractivity contribution in [2.75, 3.05) is 27.9 Å². The van der Waals surface area contributed by atoms with Gasteiger partial charge in [-0.3, -0.25) is 4.90 Å². The van der Waals surface area contributed by atoms with E-state index in [1.165, 1.54) is 10.4 Å². The molecule has 0 bridgehead atoms. The van der Waals surface area contributed by atoms with Gasteiger partial charge in [0.05, 0.1) is 21.3 Å². The third-order valence-electron chi connectivity index (χ3n) is 4.08. The number of nitrogens with zero attached hydrogens (tertiary/aromatic N) is 1. The van der Waals surface area contributed by atoms with E-state index in [4.69, 9.17) is 14.2 Å². The second-order valence-electron chi connectivity index (χ2n) is 5.32. The molecule has 5 heteroatoms. The maximum Gasteiger partial charge on any atom is 0.203 e. The summed E-state index contributed by atoms with van der Waals surface area (Å²) in [4.78, 5) is 3.92. The molecule has 0 aliphatic carbocycles. The number of thiophene rings is 1. The van der Waals surface area contributed by atoms with Crippen LogP contribution >= 0.6 is 11.3 Å². The van der Waals surface area contributed by atoms with E-state index in [-0.39, 0.29) is 0 Å². The number of ether oxygens (including phenoxy) is 3. The standard InChI is InChI=1S/C17H21NO3S/c1-19-14-5-4-13(16(20-2)17(14)21-3)10-18-8-6-12-7-9-22-15(12)11-18/h4-5,7,9H,6,8,10-11H2,1-3H3. The van der Waals surface area contributed by atoms with Crippen LogP contribution in [0.5, 0.6) is 17.2 Å². The Morgan fingerprint density at radius 1 is 1.05 bits per heavy atom. The molecule has 118 valence electrons. The summed E-state index contributed by atoms with van der Waals surface area (Å²) in [5.74, 6) is 2.12. The van der Waals surface area contributed by atoms with Gasteiger partial charge in [-0.15, -0.1) is 11.3 Å². The van der Waals surface area contributed by atoms with E-state index in [9.17, 15) is 0 Å². The number of fused-ring (bicyclic) bond motifs is 1. The zero-order valence-corrected chi connectivity index (χ0v) is 14.0. The molecule has 0 unspecified atom stereocenters. The third-order valence-corrected chi connectivity index (χ3v) is 5.03. The number of benzene rings is 1. The zero-order chi connectivity index (χ0) is 15.5. The quantitative estimate of drug-likeness (QED) is 0.846. The van der Waals surface area contributed by atoms with Crippen molar-refractivity contribution in [3.63, 3.8) is 0 Å². The molecule has 0 radical (unpaired) electrons. The second kappa shape index (κ2) is 6.58. The van der Waals surface area contributed by atoms with E-state index in [0.29, 0.717) is 11.5 Å². The fraction of sp³-hybridized carbons (Fsp3) is 0.412. The molecule has 1 aliphatic heterocycles. The molecule has 0 atom stereocenters. The van der Waals surface area contributed by atoms with E-state index in [2.05, 4.69) is 22.4 Å². The van der Waals surface area contributed by atoms with Gasteiger partial charge in [0.25, 0.3) is 0 Å². The van der Waals surface area contributed by atoms with Crippen LogP contribution in [0, 0.1) is 0 Å². The summed E-state index contributed by atoms with van der Waals surface area (Å²) < 4.78 is 16.4. The highest BCUT2D eigenvalue weighted by atomic mass is 32.1. The maximum atomic E-state index is 5.58. The van der Waals surface area contributed by atoms with Crippen LogP contribution < -0.4 is 14.2 Å². The number of hydrogen-bond donors (Lipinski definition) is 0. The van der Waals surface area contributed by atoms with Gasteiger partial charge >= 0.3 is 0 Å². The number of hydrogen-bond acceptors (Lipinski definition) is 5. The van der Waals surface area contributed by atoms with Gasteiger partial charge in [0.2, 0.25) is 5.75 Å². The minimum atomic E-state index is 0.663. The molecule has 0 spiro atoms. The second-order valence-corrected chi connectivity index (χ2v) is 6.32. The minimum Gasteiger partial charge on any atom is -0.493 e. The summed E-state index contributed by atoms with van der Waals surface area (Å²) in [6.45, 7) is 2.92. The van der Waals surface area contributed by atoms with Gasteiger partial charge in [0.15, 0.2) is 11.5 Å². The van der Waals surface area contributed by atoms with Gasteiger partial charge in [-0.1, -0.05) is 6.07 Å². The summed E-state index contributed by atoms with van der Waals surface area (Å²) in [6.07, 6.45) is 1.12. The van der Waals surface area contributed by atoms with Crippen molar-refractivity contribution in [2.24, 2.45) is 0 Å². The molecule has 2 heterocycles. The Balaban J connectivity index is 1.84. The molecule has 2 aromatic rings. The molecule has 0 saturated heterocycles. The van der Waals surface area contributed by atoms with E-state index in [0.717, 1.165) is 37.4 Å². The Labute approximate surface area is 135 Å². The molecule has 0 fully saturated rings. The van der Waals surface area contributed by atoms with Crippen LogP contribution in [0.4, 0.5) is 0 Å². The van der Waals surface area contributed by atoms with Crippen molar-refractivity contribution in [2.45, 2.75) is 19.5 Å². The monoisotopic (exact) mass is 319 g/mol. The van der Waals surface area contributed by atoms with Crippen LogP contribution in [0.15, 0.2) is 23.6 Å². The van der Waals surface area contributed by atoms with E-state index >= 15 is 0 Å². The first-order valence-corrected chi connectivity index (χ1v) is 8.20. The average Bonchev–Trinajstić information content (AvgIpc) is 3.01. The Morgan fingerprint density at radius 2 is 1.86 bits per heavy atom. The lowest BCUT2D eigenvalue weighted by atomic mass is 10.1. The molecule has 1 aromatic carbocycles. The lowest BCUT2D eigenvalue weighted by Gasteiger charge is -2.27. The molecule has 0 amide bonds. The lowest BCUT2D eigenvalue weighted by molar-refractivity contribution is 0.242. The largest absolute Gasteiger partial charge is 0.493 e. The first-order valence-electron chi connectivity index (χ1n) is 7.32. The fourth-order valence-electron chi connectivity index (χ4n) is 2.95. The van der Waals surface area contributed by atoms with Gasteiger partial charge in [-0.25, -0.2) is 0 Å². The fourth-order valence-corrected chi connectivity index (χ4v) is 3.93. The van der Waals surface area contributed by atoms with Crippen LogP contribution in [0.3, 0.4) is 0 Å². The maximum absolute atomic E-state index is 5.58. The summed E-state index contributed by atoms with van der Waals surface area (Å²) >= 11 is 1.85. The van der Waals surface area contributed by atoms with Gasteiger partial charge in [0.1, 0.15) is 0 Å². The Bertz CT molecular complexity index is 653. The van der Waals surface area contributed by atoms with E-state index in [1.54, 1.807) is 21.3 Å². The van der Waals surface area contributed by atoms with Crippen molar-refractivity contribution in [3.05, 3.63) is 39.6 Å². The van der Waals surface area contributed by atoms with Crippen LogP contribution in [-0.2, 0) is 19.5 Å². The zero-order valence-electron chi connectivity index (χ0n) is 13.2. The van der Waals surface area contributed by atoms with E-state index in [1.807, 2.05) is 17.4 Å². The van der Waals surface area contributed by atoms with Crippen LogP contribution in [0.1, 0.15) is 16.0 Å². The SMILES string of the molecule is COc1ccc(CN2CCc3ccsc3C2)c(OC)c1OC. The summed E-state index contributed by atoms with van der Waals surface area (Å²) in [5.41, 5.74) is 2.63. The molecule has 1 aliphatic rings. The topological polar surface area (TPSA) is 30.9 Å². The Kier molecular flexibility index (Phi) is 4.55. The van der Waals surface area contributed by atoms with E-state index < -0.39 is 0 Å². The molecule has 4 nitrogen and oxygen atoms in total. The third kappa shape index (κ3) is 2.78. The summed E-state index contributed by atoms with van der Waals surface area (Å²) in [6, 6.07) is 6.25. The predicted octanol–water partition coefficient (Wildman–Crippen LogP) is 3.33. The van der Waals surface area contributed by atoms with Gasteiger partial charge < -0.3 is 14.2 Å².